The molecule has 0 amide bonds. The Balaban J connectivity index is 2.85. The van der Waals surface area contributed by atoms with Crippen LogP contribution in [0.15, 0.2) is 9.59 Å². The molecule has 1 unspecified atom stereocenters. The van der Waals surface area contributed by atoms with Crippen LogP contribution in [0.3, 0.4) is 0 Å². The first kappa shape index (κ1) is 15.3. The molecule has 1 atom stereocenters. The van der Waals surface area contributed by atoms with Gasteiger partial charge in [0.05, 0.1) is 0 Å². The first-order chi connectivity index (χ1) is 9.01. The van der Waals surface area contributed by atoms with Crippen molar-refractivity contribution in [1.29, 1.82) is 0 Å². The molecule has 5 N–H and O–H groups in total. The van der Waals surface area contributed by atoms with Gasteiger partial charge in [-0.2, -0.15) is 0 Å². The van der Waals surface area contributed by atoms with Gasteiger partial charge in [0.1, 0.15) is 11.5 Å². The van der Waals surface area contributed by atoms with Gasteiger partial charge < -0.3 is 16.2 Å². The van der Waals surface area contributed by atoms with E-state index in [1.165, 1.54) is 11.6 Å². The number of aliphatic hydroxyl groups is 1. The number of aromatic nitrogens is 2. The highest BCUT2D eigenvalue weighted by atomic mass is 16.3. The summed E-state index contributed by atoms with van der Waals surface area (Å²) in [6.07, 6.45) is 2.63. The van der Waals surface area contributed by atoms with Crippen LogP contribution in [0, 0.1) is 5.92 Å². The largest absolute Gasteiger partial charge is 0.396 e. The number of nitrogens with zero attached hydrogens (tertiary/aromatic N) is 1. The predicted molar refractivity (Wildman–Crippen MR) is 75.3 cm³/mol. The van der Waals surface area contributed by atoms with Crippen molar-refractivity contribution in [3.8, 4) is 0 Å². The van der Waals surface area contributed by atoms with Crippen molar-refractivity contribution in [2.45, 2.75) is 26.2 Å². The second-order valence-corrected chi connectivity index (χ2v) is 4.63. The lowest BCUT2D eigenvalue weighted by atomic mass is 10.0. The Morgan fingerprint density at radius 2 is 2.11 bits per heavy atom. The van der Waals surface area contributed by atoms with E-state index >= 15 is 0 Å². The quantitative estimate of drug-likeness (QED) is 0.551. The molecule has 0 spiro atoms. The van der Waals surface area contributed by atoms with Crippen molar-refractivity contribution < 1.29 is 5.11 Å². The SMILES string of the molecule is CCCC(CCO)CNc1c(N)n(C)c(=O)[nH]c1=O. The van der Waals surface area contributed by atoms with Gasteiger partial charge in [-0.05, 0) is 18.8 Å². The fourth-order valence-corrected chi connectivity index (χ4v) is 1.99. The monoisotopic (exact) mass is 270 g/mol. The van der Waals surface area contributed by atoms with Crippen LogP contribution < -0.4 is 22.3 Å². The van der Waals surface area contributed by atoms with E-state index in [9.17, 15) is 9.59 Å². The van der Waals surface area contributed by atoms with Gasteiger partial charge >= 0.3 is 5.69 Å². The van der Waals surface area contributed by atoms with Gasteiger partial charge in [-0.25, -0.2) is 4.79 Å². The third-order valence-corrected chi connectivity index (χ3v) is 3.17. The third kappa shape index (κ3) is 3.85. The fourth-order valence-electron chi connectivity index (χ4n) is 1.99. The molecular weight excluding hydrogens is 248 g/mol. The zero-order chi connectivity index (χ0) is 14.4. The van der Waals surface area contributed by atoms with Crippen LogP contribution in [-0.4, -0.2) is 27.8 Å². The van der Waals surface area contributed by atoms with Gasteiger partial charge in [0.2, 0.25) is 0 Å². The molecule has 0 aromatic carbocycles. The highest BCUT2D eigenvalue weighted by Crippen LogP contribution is 2.14. The minimum absolute atomic E-state index is 0.117. The molecule has 0 aliphatic heterocycles. The number of rotatable bonds is 7. The number of H-pyrrole nitrogens is 1. The zero-order valence-corrected chi connectivity index (χ0v) is 11.4. The molecule has 19 heavy (non-hydrogen) atoms. The molecular formula is C12H22N4O3. The van der Waals surface area contributed by atoms with E-state index < -0.39 is 11.2 Å². The number of hydrogen-bond acceptors (Lipinski definition) is 5. The van der Waals surface area contributed by atoms with Crippen LogP contribution in [-0.2, 0) is 7.05 Å². The van der Waals surface area contributed by atoms with Crippen molar-refractivity contribution in [2.24, 2.45) is 13.0 Å². The number of nitrogen functional groups attached to an aromatic ring is 1. The van der Waals surface area contributed by atoms with Crippen LogP contribution in [0.5, 0.6) is 0 Å². The second-order valence-electron chi connectivity index (χ2n) is 4.63. The predicted octanol–water partition coefficient (Wildman–Crippen LogP) is -0.134. The smallest absolute Gasteiger partial charge is 0.329 e. The maximum absolute atomic E-state index is 11.7. The van der Waals surface area contributed by atoms with E-state index in [1.807, 2.05) is 0 Å². The number of nitrogens with two attached hydrogens (primary N) is 1. The number of aromatic amines is 1. The average molecular weight is 270 g/mol. The molecule has 0 fully saturated rings. The minimum Gasteiger partial charge on any atom is -0.396 e. The number of hydrogen-bond donors (Lipinski definition) is 4. The Morgan fingerprint density at radius 1 is 1.42 bits per heavy atom. The molecule has 108 valence electrons. The van der Waals surface area contributed by atoms with Gasteiger partial charge in [0.25, 0.3) is 5.56 Å². The van der Waals surface area contributed by atoms with Crippen molar-refractivity contribution in [3.05, 3.63) is 20.8 Å². The van der Waals surface area contributed by atoms with Crippen LogP contribution in [0.25, 0.3) is 0 Å². The molecule has 7 heteroatoms. The maximum Gasteiger partial charge on any atom is 0.329 e. The second kappa shape index (κ2) is 6.98. The Labute approximate surface area is 111 Å². The Kier molecular flexibility index (Phi) is 5.62. The highest BCUT2D eigenvalue weighted by Gasteiger charge is 2.12. The van der Waals surface area contributed by atoms with E-state index in [-0.39, 0.29) is 24.0 Å². The summed E-state index contributed by atoms with van der Waals surface area (Å²) in [7, 11) is 1.50. The van der Waals surface area contributed by atoms with Crippen molar-refractivity contribution in [2.75, 3.05) is 24.2 Å². The fraction of sp³-hybridized carbons (Fsp3) is 0.667. The van der Waals surface area contributed by atoms with Crippen molar-refractivity contribution >= 4 is 11.5 Å². The van der Waals surface area contributed by atoms with Crippen LogP contribution >= 0.6 is 0 Å². The number of anilines is 2. The van der Waals surface area contributed by atoms with Crippen LogP contribution in [0.2, 0.25) is 0 Å². The van der Waals surface area contributed by atoms with E-state index in [2.05, 4.69) is 17.2 Å². The maximum atomic E-state index is 11.7. The topological polar surface area (TPSA) is 113 Å². The summed E-state index contributed by atoms with van der Waals surface area (Å²) in [6, 6.07) is 0. The lowest BCUT2D eigenvalue weighted by molar-refractivity contribution is 0.255. The molecule has 7 nitrogen and oxygen atoms in total. The zero-order valence-electron chi connectivity index (χ0n) is 11.4. The van der Waals surface area contributed by atoms with Gasteiger partial charge in [-0.3, -0.25) is 14.3 Å². The standard InChI is InChI=1S/C12H22N4O3/c1-3-4-8(5-6-17)7-14-9-10(13)16(2)12(19)15-11(9)18/h8,14,17H,3-7,13H2,1-2H3,(H,15,18,19). The van der Waals surface area contributed by atoms with E-state index in [4.69, 9.17) is 10.8 Å². The number of aliphatic hydroxyl groups excluding tert-OH is 1. The minimum atomic E-state index is -0.534. The molecule has 0 radical (unpaired) electrons. The summed E-state index contributed by atoms with van der Waals surface area (Å²) >= 11 is 0. The molecule has 0 aliphatic rings. The molecule has 1 aromatic rings. The van der Waals surface area contributed by atoms with E-state index in [0.717, 1.165) is 12.8 Å². The van der Waals surface area contributed by atoms with E-state index in [0.29, 0.717) is 13.0 Å². The van der Waals surface area contributed by atoms with Crippen molar-refractivity contribution in [3.63, 3.8) is 0 Å². The lowest BCUT2D eigenvalue weighted by Gasteiger charge is -2.17. The summed E-state index contributed by atoms with van der Waals surface area (Å²) < 4.78 is 1.19. The van der Waals surface area contributed by atoms with Gasteiger partial charge in [-0.15, -0.1) is 0 Å². The van der Waals surface area contributed by atoms with E-state index in [1.54, 1.807) is 0 Å². The first-order valence-electron chi connectivity index (χ1n) is 6.44. The summed E-state index contributed by atoms with van der Waals surface area (Å²) in [5, 5.41) is 12.0. The van der Waals surface area contributed by atoms with Gasteiger partial charge in [-0.1, -0.05) is 13.3 Å². The van der Waals surface area contributed by atoms with Crippen molar-refractivity contribution in [1.82, 2.24) is 9.55 Å². The third-order valence-electron chi connectivity index (χ3n) is 3.17. The van der Waals surface area contributed by atoms with Gasteiger partial charge in [0, 0.05) is 20.2 Å². The van der Waals surface area contributed by atoms with Crippen LogP contribution in [0.1, 0.15) is 26.2 Å². The highest BCUT2D eigenvalue weighted by molar-refractivity contribution is 5.60. The Bertz CT molecular complexity index is 515. The van der Waals surface area contributed by atoms with Crippen LogP contribution in [0.4, 0.5) is 11.5 Å². The lowest BCUT2D eigenvalue weighted by Crippen LogP contribution is -2.33. The number of nitrogens with one attached hydrogen (secondary N) is 2. The summed E-state index contributed by atoms with van der Waals surface area (Å²) in [4.78, 5) is 25.2. The molecule has 1 rings (SSSR count). The first-order valence-corrected chi connectivity index (χ1v) is 6.44. The molecule has 0 saturated heterocycles. The summed E-state index contributed by atoms with van der Waals surface area (Å²) in [5.41, 5.74) is 4.91. The molecule has 0 bridgehead atoms. The van der Waals surface area contributed by atoms with Gasteiger partial charge in [0.15, 0.2) is 0 Å². The Morgan fingerprint density at radius 3 is 2.68 bits per heavy atom. The molecule has 1 aromatic heterocycles. The molecule has 0 aliphatic carbocycles. The summed E-state index contributed by atoms with van der Waals surface area (Å²) in [6.45, 7) is 2.73. The molecule has 0 saturated carbocycles. The molecule has 1 heterocycles. The normalized spacial score (nSPS) is 12.4. The average Bonchev–Trinajstić information content (AvgIpc) is 2.36. The summed E-state index contributed by atoms with van der Waals surface area (Å²) in [5.74, 6) is 0.388. The Hall–Kier alpha value is -1.76.